The Labute approximate surface area is 236 Å². The highest BCUT2D eigenvalue weighted by Crippen LogP contribution is 2.44. The molecule has 0 aromatic carbocycles. The van der Waals surface area contributed by atoms with E-state index in [-0.39, 0.29) is 69.3 Å². The van der Waals surface area contributed by atoms with Crippen LogP contribution in [0.3, 0.4) is 0 Å². The Kier molecular flexibility index (Phi) is 9.15. The summed E-state index contributed by atoms with van der Waals surface area (Å²) in [6.07, 6.45) is 1.78. The molecule has 2 aliphatic carbocycles. The van der Waals surface area contributed by atoms with Gasteiger partial charge < -0.3 is 20.1 Å². The quantitative estimate of drug-likeness (QED) is 0.344. The maximum absolute atomic E-state index is 13.9. The largest absolute Gasteiger partial charge is 0.444 e. The van der Waals surface area contributed by atoms with E-state index in [1.165, 1.54) is 4.52 Å². The summed E-state index contributed by atoms with van der Waals surface area (Å²) in [4.78, 5) is 30.0. The Balaban J connectivity index is 1.54. The molecule has 2 heterocycles. The molecule has 2 aliphatic rings. The number of hydrogen-bond acceptors (Lipinski definition) is 6. The van der Waals surface area contributed by atoms with Crippen LogP contribution in [0, 0.1) is 11.8 Å². The highest BCUT2D eigenvalue weighted by molar-refractivity contribution is 5.77. The van der Waals surface area contributed by atoms with Crippen molar-refractivity contribution in [2.45, 2.75) is 102 Å². The first-order chi connectivity index (χ1) is 19.1. The average molecular weight is 586 g/mol. The molecule has 2 atom stereocenters. The molecule has 41 heavy (non-hydrogen) atoms. The van der Waals surface area contributed by atoms with Crippen molar-refractivity contribution in [2.75, 3.05) is 13.2 Å². The van der Waals surface area contributed by atoms with Crippen molar-refractivity contribution >= 4 is 17.6 Å². The number of alkyl halides is 4. The van der Waals surface area contributed by atoms with E-state index in [1.807, 2.05) is 6.92 Å². The maximum atomic E-state index is 13.9. The van der Waals surface area contributed by atoms with Gasteiger partial charge in [0.2, 0.25) is 17.8 Å². The van der Waals surface area contributed by atoms with Crippen LogP contribution in [0.4, 0.5) is 22.4 Å². The molecule has 2 N–H and O–H groups in total. The van der Waals surface area contributed by atoms with Crippen molar-refractivity contribution in [3.05, 3.63) is 29.7 Å². The fourth-order valence-electron chi connectivity index (χ4n) is 5.42. The van der Waals surface area contributed by atoms with Gasteiger partial charge in [0.25, 0.3) is 0 Å². The van der Waals surface area contributed by atoms with Gasteiger partial charge in [-0.15, -0.1) is 0 Å². The van der Waals surface area contributed by atoms with E-state index < -0.39 is 35.6 Å². The minimum absolute atomic E-state index is 0.000137. The summed E-state index contributed by atoms with van der Waals surface area (Å²) in [5.74, 6) is -6.42. The van der Waals surface area contributed by atoms with Crippen LogP contribution < -0.4 is 10.6 Å². The molecule has 2 fully saturated rings. The zero-order valence-electron chi connectivity index (χ0n) is 23.9. The number of rotatable bonds is 10. The molecule has 2 saturated carbocycles. The minimum Gasteiger partial charge on any atom is -0.444 e. The van der Waals surface area contributed by atoms with E-state index in [4.69, 9.17) is 9.47 Å². The van der Waals surface area contributed by atoms with Crippen LogP contribution in [0.15, 0.2) is 18.5 Å². The van der Waals surface area contributed by atoms with Gasteiger partial charge in [-0.25, -0.2) is 31.9 Å². The summed E-state index contributed by atoms with van der Waals surface area (Å²) in [7, 11) is 0. The van der Waals surface area contributed by atoms with Gasteiger partial charge >= 0.3 is 6.09 Å². The molecule has 0 radical (unpaired) electrons. The predicted octanol–water partition coefficient (Wildman–Crippen LogP) is 5.75. The van der Waals surface area contributed by atoms with E-state index in [2.05, 4.69) is 20.7 Å². The molecule has 0 unspecified atom stereocenters. The Bertz CT molecular complexity index is 1210. The summed E-state index contributed by atoms with van der Waals surface area (Å²) in [5, 5.41) is 10.1. The van der Waals surface area contributed by atoms with Crippen molar-refractivity contribution in [1.29, 1.82) is 0 Å². The molecule has 0 spiro atoms. The van der Waals surface area contributed by atoms with Gasteiger partial charge in [0.05, 0.1) is 36.8 Å². The number of aromatic nitrogens is 3. The van der Waals surface area contributed by atoms with Gasteiger partial charge in [-0.05, 0) is 58.4 Å². The van der Waals surface area contributed by atoms with Crippen molar-refractivity contribution < 1.29 is 36.6 Å². The lowest BCUT2D eigenvalue weighted by Gasteiger charge is -2.34. The first kappa shape index (κ1) is 31.0. The number of fused-ring (bicyclic) bond motifs is 1. The third-order valence-electron chi connectivity index (χ3n) is 7.46. The van der Waals surface area contributed by atoms with Crippen molar-refractivity contribution in [3.63, 3.8) is 0 Å². The molecular weight excluding hydrogens is 546 g/mol. The number of alkyl carbamates (subject to hydrolysis) is 1. The number of halogens is 4. The Morgan fingerprint density at radius 1 is 1.12 bits per heavy atom. The summed E-state index contributed by atoms with van der Waals surface area (Å²) in [6, 6.07) is 0.458. The van der Waals surface area contributed by atoms with Gasteiger partial charge in [-0.3, -0.25) is 4.79 Å². The third-order valence-corrected chi connectivity index (χ3v) is 7.46. The molecule has 228 valence electrons. The van der Waals surface area contributed by atoms with E-state index in [9.17, 15) is 27.2 Å². The normalized spacial score (nSPS) is 20.7. The number of amides is 2. The van der Waals surface area contributed by atoms with E-state index >= 15 is 0 Å². The van der Waals surface area contributed by atoms with Crippen LogP contribution in [0.25, 0.3) is 5.65 Å². The van der Waals surface area contributed by atoms with Crippen molar-refractivity contribution in [1.82, 2.24) is 25.2 Å². The number of carbonyl (C=O) groups excluding carboxylic acids is 2. The lowest BCUT2D eigenvalue weighted by atomic mass is 9.79. The number of ether oxygens (including phenoxy) is 2. The molecule has 4 rings (SSSR count). The number of imidazole rings is 1. The Hall–Kier alpha value is -2.96. The van der Waals surface area contributed by atoms with Crippen molar-refractivity contribution in [3.8, 4) is 0 Å². The standard InChI is InChI=1S/C28H39F4N5O4/c1-5-40-16-21(35-23(38)10-17-12-28(31,32)13-17)19-11-22-34-20(15-37(22)33-14-19)24(36-25(39)41-26(2,3)4)18-6-8-27(29,30)9-7-18/h11,14-15,17-18,21,24H,5-10,12-13,16H2,1-4H3,(H,35,38)(H,36,39)/t21-,24+/m1/s1. The Morgan fingerprint density at radius 3 is 2.41 bits per heavy atom. The third kappa shape index (κ3) is 8.52. The monoisotopic (exact) mass is 585 g/mol. The summed E-state index contributed by atoms with van der Waals surface area (Å²) in [6.45, 7) is 7.57. The molecule has 13 heteroatoms. The lowest BCUT2D eigenvalue weighted by Crippen LogP contribution is -2.40. The highest BCUT2D eigenvalue weighted by atomic mass is 19.3. The minimum atomic E-state index is -2.73. The smallest absolute Gasteiger partial charge is 0.408 e. The molecular formula is C28H39F4N5O4. The van der Waals surface area contributed by atoms with Crippen LogP contribution in [-0.4, -0.2) is 57.3 Å². The Morgan fingerprint density at radius 2 is 1.80 bits per heavy atom. The van der Waals surface area contributed by atoms with Crippen LogP contribution in [0.1, 0.15) is 96.0 Å². The summed E-state index contributed by atoms with van der Waals surface area (Å²) in [5.41, 5.74) is 0.726. The van der Waals surface area contributed by atoms with E-state index in [1.54, 1.807) is 39.2 Å². The predicted molar refractivity (Wildman–Crippen MR) is 142 cm³/mol. The average Bonchev–Trinajstić information content (AvgIpc) is 3.26. The van der Waals surface area contributed by atoms with E-state index in [0.717, 1.165) is 0 Å². The van der Waals surface area contributed by atoms with Gasteiger partial charge in [0, 0.05) is 44.3 Å². The van der Waals surface area contributed by atoms with Gasteiger partial charge in [-0.1, -0.05) is 0 Å². The van der Waals surface area contributed by atoms with Crippen LogP contribution in [0.5, 0.6) is 0 Å². The summed E-state index contributed by atoms with van der Waals surface area (Å²) < 4.78 is 66.7. The first-order valence-electron chi connectivity index (χ1n) is 14.1. The van der Waals surface area contributed by atoms with Crippen LogP contribution in [-0.2, 0) is 14.3 Å². The number of nitrogens with one attached hydrogen (secondary N) is 2. The number of nitrogens with zero attached hydrogens (tertiary/aromatic N) is 3. The molecule has 0 aliphatic heterocycles. The number of hydrogen-bond donors (Lipinski definition) is 2. The van der Waals surface area contributed by atoms with Crippen LogP contribution in [0.2, 0.25) is 0 Å². The van der Waals surface area contributed by atoms with E-state index in [0.29, 0.717) is 23.5 Å². The van der Waals surface area contributed by atoms with Crippen molar-refractivity contribution in [2.24, 2.45) is 11.8 Å². The summed E-state index contributed by atoms with van der Waals surface area (Å²) >= 11 is 0. The second-order valence-corrected chi connectivity index (χ2v) is 12.2. The second kappa shape index (κ2) is 12.1. The maximum Gasteiger partial charge on any atom is 0.408 e. The molecule has 0 saturated heterocycles. The molecule has 2 aromatic heterocycles. The SMILES string of the molecule is CCOC[C@@H](NC(=O)CC1CC(F)(F)C1)c1cnn2cc([C@@H](NC(=O)OC(C)(C)C)C3CCC(F)(F)CC3)nc2c1. The second-order valence-electron chi connectivity index (χ2n) is 12.2. The highest BCUT2D eigenvalue weighted by Gasteiger charge is 2.46. The zero-order chi connectivity index (χ0) is 30.0. The van der Waals surface area contributed by atoms with Gasteiger partial charge in [-0.2, -0.15) is 5.10 Å². The fraction of sp³-hybridized carbons (Fsp3) is 0.714. The molecule has 0 bridgehead atoms. The lowest BCUT2D eigenvalue weighted by molar-refractivity contribution is -0.134. The zero-order valence-corrected chi connectivity index (χ0v) is 23.9. The molecule has 2 aromatic rings. The fourth-order valence-corrected chi connectivity index (χ4v) is 5.42. The van der Waals surface area contributed by atoms with Crippen LogP contribution >= 0.6 is 0 Å². The molecule has 9 nitrogen and oxygen atoms in total. The van der Waals surface area contributed by atoms with Gasteiger partial charge in [0.1, 0.15) is 5.60 Å². The first-order valence-corrected chi connectivity index (χ1v) is 14.1. The topological polar surface area (TPSA) is 107 Å². The molecule has 2 amide bonds. The number of carbonyl (C=O) groups is 2. The van der Waals surface area contributed by atoms with Gasteiger partial charge in [0.15, 0.2) is 5.65 Å².